The molecular weight excluding hydrogens is 188 g/mol. The quantitative estimate of drug-likeness (QED) is 0.592. The maximum absolute atomic E-state index is 5.34. The Kier molecular flexibility index (Phi) is 5.57. The van der Waals surface area contributed by atoms with Crippen LogP contribution < -0.4 is 0 Å². The lowest BCUT2D eigenvalue weighted by Gasteiger charge is -2.17. The summed E-state index contributed by atoms with van der Waals surface area (Å²) in [5.41, 5.74) is 2.00. The average molecular weight is 208 g/mol. The van der Waals surface area contributed by atoms with Crippen molar-refractivity contribution >= 4 is 10.2 Å². The van der Waals surface area contributed by atoms with E-state index in [1.54, 1.807) is 0 Å². The molecule has 1 aromatic carbocycles. The Balaban J connectivity index is 0.000000140. The zero-order chi connectivity index (χ0) is 10.2. The van der Waals surface area contributed by atoms with Gasteiger partial charge < -0.3 is 4.74 Å². The van der Waals surface area contributed by atoms with E-state index in [9.17, 15) is 0 Å². The van der Waals surface area contributed by atoms with Crippen LogP contribution >= 0.6 is 0 Å². The van der Waals surface area contributed by atoms with Crippen LogP contribution in [0.3, 0.4) is 0 Å². The topological polar surface area (TPSA) is 9.23 Å². The van der Waals surface area contributed by atoms with Gasteiger partial charge in [0.25, 0.3) is 0 Å². The second-order valence-corrected chi connectivity index (χ2v) is 5.12. The number of hydrogen-bond acceptors (Lipinski definition) is 1. The fraction of sp³-hybridized carbons (Fsp3) is 0.500. The van der Waals surface area contributed by atoms with Gasteiger partial charge in [-0.05, 0) is 26.2 Å². The molecule has 0 amide bonds. The Hall–Kier alpha value is -0.603. The molecule has 1 nitrogen and oxygen atoms in total. The molecule has 0 bridgehead atoms. The summed E-state index contributed by atoms with van der Waals surface area (Å²) in [6.07, 6.45) is 4.01. The number of hydrogen-bond donors (Lipinski definition) is 0. The summed E-state index contributed by atoms with van der Waals surface area (Å²) in [4.78, 5) is 0. The summed E-state index contributed by atoms with van der Waals surface area (Å²) >= 11 is 0. The highest BCUT2D eigenvalue weighted by molar-refractivity contribution is 6.10. The average Bonchev–Trinajstić information content (AvgIpc) is 2.21. The van der Waals surface area contributed by atoms with Crippen molar-refractivity contribution in [2.75, 3.05) is 6.61 Å². The van der Waals surface area contributed by atoms with Crippen molar-refractivity contribution in [2.24, 2.45) is 0 Å². The van der Waals surface area contributed by atoms with Crippen LogP contribution in [-0.4, -0.2) is 22.6 Å². The predicted octanol–water partition coefficient (Wildman–Crippen LogP) is 1.87. The SMILES string of the molecule is Cc1ccccc1.[SiH3]C1CCCCO1. The number of benzene rings is 1. The molecular formula is C12H20OSi. The van der Waals surface area contributed by atoms with Crippen LogP contribution in [0.25, 0.3) is 0 Å². The van der Waals surface area contributed by atoms with Crippen molar-refractivity contribution in [3.8, 4) is 0 Å². The summed E-state index contributed by atoms with van der Waals surface area (Å²) < 4.78 is 5.34. The van der Waals surface area contributed by atoms with E-state index in [2.05, 4.69) is 19.1 Å². The van der Waals surface area contributed by atoms with Crippen molar-refractivity contribution in [3.05, 3.63) is 35.9 Å². The molecule has 1 saturated heterocycles. The molecule has 1 aliphatic heterocycles. The minimum Gasteiger partial charge on any atom is -0.383 e. The summed E-state index contributed by atoms with van der Waals surface area (Å²) in [6.45, 7) is 3.11. The van der Waals surface area contributed by atoms with Gasteiger partial charge >= 0.3 is 0 Å². The molecule has 78 valence electrons. The summed E-state index contributed by atoms with van der Waals surface area (Å²) in [5, 5.41) is 0. The maximum Gasteiger partial charge on any atom is 0.0465 e. The van der Waals surface area contributed by atoms with Crippen molar-refractivity contribution < 1.29 is 4.74 Å². The van der Waals surface area contributed by atoms with Crippen LogP contribution in [-0.2, 0) is 4.74 Å². The van der Waals surface area contributed by atoms with E-state index < -0.39 is 0 Å². The lowest BCUT2D eigenvalue weighted by Crippen LogP contribution is -2.18. The molecule has 0 radical (unpaired) electrons. The highest BCUT2D eigenvalue weighted by atomic mass is 28.1. The summed E-state index contributed by atoms with van der Waals surface area (Å²) in [7, 11) is 1.23. The monoisotopic (exact) mass is 208 g/mol. The van der Waals surface area contributed by atoms with Gasteiger partial charge in [-0.2, -0.15) is 0 Å². The van der Waals surface area contributed by atoms with Crippen LogP contribution in [0.1, 0.15) is 24.8 Å². The predicted molar refractivity (Wildman–Crippen MR) is 64.7 cm³/mol. The van der Waals surface area contributed by atoms with Gasteiger partial charge in [0.05, 0.1) is 0 Å². The first-order chi connectivity index (χ1) is 6.79. The molecule has 0 aliphatic carbocycles. The number of rotatable bonds is 0. The van der Waals surface area contributed by atoms with Crippen molar-refractivity contribution in [1.29, 1.82) is 0 Å². The molecule has 1 unspecified atom stereocenters. The zero-order valence-corrected chi connectivity index (χ0v) is 11.2. The Labute approximate surface area is 89.9 Å². The minimum absolute atomic E-state index is 0.675. The Morgan fingerprint density at radius 2 is 1.93 bits per heavy atom. The standard InChI is InChI=1S/C7H8.C5H12OSi/c1-7-5-3-2-4-6-7;7-5-3-1-2-4-6-5/h2-6H,1H3;5H,1-4H2,7H3. The van der Waals surface area contributed by atoms with Crippen LogP contribution in [0.5, 0.6) is 0 Å². The van der Waals surface area contributed by atoms with E-state index in [1.165, 1.54) is 35.1 Å². The van der Waals surface area contributed by atoms with Gasteiger partial charge in [-0.25, -0.2) is 0 Å². The molecule has 14 heavy (non-hydrogen) atoms. The van der Waals surface area contributed by atoms with Crippen LogP contribution in [0.15, 0.2) is 30.3 Å². The maximum atomic E-state index is 5.34. The van der Waals surface area contributed by atoms with Crippen molar-refractivity contribution in [3.63, 3.8) is 0 Å². The molecule has 0 aromatic heterocycles. The molecule has 0 N–H and O–H groups in total. The van der Waals surface area contributed by atoms with Gasteiger partial charge in [0.2, 0.25) is 0 Å². The molecule has 1 atom stereocenters. The van der Waals surface area contributed by atoms with E-state index in [1.807, 2.05) is 18.2 Å². The first-order valence-corrected chi connectivity index (χ1v) is 6.58. The van der Waals surface area contributed by atoms with Crippen LogP contribution in [0.2, 0.25) is 0 Å². The molecule has 0 saturated carbocycles. The van der Waals surface area contributed by atoms with E-state index in [0.717, 1.165) is 6.61 Å². The van der Waals surface area contributed by atoms with Gasteiger partial charge in [-0.1, -0.05) is 35.9 Å². The molecule has 1 fully saturated rings. The molecule has 0 spiro atoms. The lowest BCUT2D eigenvalue weighted by atomic mass is 10.2. The molecule has 1 heterocycles. The van der Waals surface area contributed by atoms with E-state index >= 15 is 0 Å². The van der Waals surface area contributed by atoms with Crippen molar-refractivity contribution in [2.45, 2.75) is 31.9 Å². The highest BCUT2D eigenvalue weighted by Crippen LogP contribution is 2.08. The minimum atomic E-state index is 0.675. The van der Waals surface area contributed by atoms with Gasteiger partial charge in [0.15, 0.2) is 0 Å². The van der Waals surface area contributed by atoms with Crippen LogP contribution in [0.4, 0.5) is 0 Å². The summed E-state index contributed by atoms with van der Waals surface area (Å²) in [5.74, 6) is 0. The Morgan fingerprint density at radius 1 is 1.21 bits per heavy atom. The molecule has 1 aromatic rings. The molecule has 2 rings (SSSR count). The summed E-state index contributed by atoms with van der Waals surface area (Å²) in [6, 6.07) is 10.3. The van der Waals surface area contributed by atoms with E-state index in [4.69, 9.17) is 4.74 Å². The van der Waals surface area contributed by atoms with Gasteiger partial charge in [-0.3, -0.25) is 0 Å². The van der Waals surface area contributed by atoms with Gasteiger partial charge in [0.1, 0.15) is 0 Å². The third kappa shape index (κ3) is 5.20. The Morgan fingerprint density at radius 3 is 2.21 bits per heavy atom. The number of ether oxygens (including phenoxy) is 1. The number of aryl methyl sites for hydroxylation is 1. The first kappa shape index (κ1) is 11.5. The third-order valence-electron chi connectivity index (χ3n) is 2.35. The first-order valence-electron chi connectivity index (χ1n) is 5.42. The lowest BCUT2D eigenvalue weighted by molar-refractivity contribution is 0.0675. The largest absolute Gasteiger partial charge is 0.383 e. The zero-order valence-electron chi connectivity index (χ0n) is 9.20. The van der Waals surface area contributed by atoms with Crippen molar-refractivity contribution in [1.82, 2.24) is 0 Å². The molecule has 2 heteroatoms. The third-order valence-corrected chi connectivity index (χ3v) is 3.26. The second-order valence-electron chi connectivity index (χ2n) is 3.83. The Bertz CT molecular complexity index is 229. The molecule has 1 aliphatic rings. The van der Waals surface area contributed by atoms with E-state index in [-0.39, 0.29) is 0 Å². The van der Waals surface area contributed by atoms with Crippen LogP contribution in [0, 0.1) is 6.92 Å². The fourth-order valence-corrected chi connectivity index (χ4v) is 2.08. The fourth-order valence-electron chi connectivity index (χ4n) is 1.44. The second kappa shape index (κ2) is 6.79. The smallest absolute Gasteiger partial charge is 0.0465 e. The van der Waals surface area contributed by atoms with Gasteiger partial charge in [0, 0.05) is 22.6 Å². The van der Waals surface area contributed by atoms with Gasteiger partial charge in [-0.15, -0.1) is 0 Å². The van der Waals surface area contributed by atoms with E-state index in [0.29, 0.717) is 5.73 Å². The normalized spacial score (nSPS) is 21.1. The highest BCUT2D eigenvalue weighted by Gasteiger charge is 2.05.